The lowest BCUT2D eigenvalue weighted by atomic mass is 10.2. The van der Waals surface area contributed by atoms with Crippen LogP contribution in [0.5, 0.6) is 5.88 Å². The van der Waals surface area contributed by atoms with Crippen molar-refractivity contribution in [1.29, 1.82) is 0 Å². The zero-order valence-corrected chi connectivity index (χ0v) is 13.6. The van der Waals surface area contributed by atoms with E-state index in [1.54, 1.807) is 12.1 Å². The summed E-state index contributed by atoms with van der Waals surface area (Å²) in [5.41, 5.74) is 0.954. The minimum atomic E-state index is -2.78. The minimum Gasteiger partial charge on any atom is -0.472 e. The van der Waals surface area contributed by atoms with Crippen LogP contribution in [0.2, 0.25) is 5.02 Å². The molecule has 0 bridgehead atoms. The van der Waals surface area contributed by atoms with Gasteiger partial charge in [-0.15, -0.1) is 0 Å². The van der Waals surface area contributed by atoms with Crippen molar-refractivity contribution in [3.8, 4) is 5.88 Å². The van der Waals surface area contributed by atoms with Crippen LogP contribution in [0.1, 0.15) is 6.42 Å². The first-order chi connectivity index (χ1) is 11.6. The Morgan fingerprint density at radius 1 is 1.21 bits per heavy atom. The molecule has 2 aromatic rings. The first kappa shape index (κ1) is 16.9. The number of alkyl halides is 2. The van der Waals surface area contributed by atoms with Crippen molar-refractivity contribution in [2.75, 3.05) is 18.1 Å². The average molecular weight is 355 g/mol. The average Bonchev–Trinajstić information content (AvgIpc) is 2.99. The quantitative estimate of drug-likeness (QED) is 0.785. The molecule has 0 N–H and O–H groups in total. The van der Waals surface area contributed by atoms with E-state index in [4.69, 9.17) is 16.3 Å². The second-order valence-corrected chi connectivity index (χ2v) is 5.96. The maximum absolute atomic E-state index is 12.4. The van der Waals surface area contributed by atoms with E-state index in [1.807, 2.05) is 35.2 Å². The van der Waals surface area contributed by atoms with Crippen molar-refractivity contribution >= 4 is 17.3 Å². The van der Waals surface area contributed by atoms with Crippen LogP contribution in [0.25, 0.3) is 0 Å². The highest BCUT2D eigenvalue weighted by atomic mass is 35.5. The molecule has 0 unspecified atom stereocenters. The summed E-state index contributed by atoms with van der Waals surface area (Å²) in [6, 6.07) is 12.8. The van der Waals surface area contributed by atoms with Crippen LogP contribution < -0.4 is 9.64 Å². The van der Waals surface area contributed by atoms with Crippen molar-refractivity contribution in [3.63, 3.8) is 0 Å². The molecule has 1 fully saturated rings. The fourth-order valence-corrected chi connectivity index (χ4v) is 2.95. The number of halogens is 3. The summed E-state index contributed by atoms with van der Waals surface area (Å²) >= 11 is 5.81. The van der Waals surface area contributed by atoms with E-state index in [-0.39, 0.29) is 18.8 Å². The van der Waals surface area contributed by atoms with Gasteiger partial charge < -0.3 is 14.4 Å². The number of para-hydroxylation sites is 1. The third kappa shape index (κ3) is 4.33. The van der Waals surface area contributed by atoms with Gasteiger partial charge in [0.25, 0.3) is 0 Å². The van der Waals surface area contributed by atoms with Gasteiger partial charge in [-0.3, -0.25) is 0 Å². The van der Waals surface area contributed by atoms with Crippen molar-refractivity contribution in [1.82, 2.24) is 4.98 Å². The molecule has 4 nitrogen and oxygen atoms in total. The van der Waals surface area contributed by atoms with E-state index in [2.05, 4.69) is 9.72 Å². The topological polar surface area (TPSA) is 34.6 Å². The van der Waals surface area contributed by atoms with Crippen molar-refractivity contribution < 1.29 is 18.3 Å². The number of ether oxygens (including phenoxy) is 2. The molecule has 2 atom stereocenters. The second kappa shape index (κ2) is 7.77. The van der Waals surface area contributed by atoms with Gasteiger partial charge in [0.15, 0.2) is 0 Å². The maximum Gasteiger partial charge on any atom is 0.345 e. The van der Waals surface area contributed by atoms with Gasteiger partial charge in [-0.05, 0) is 18.2 Å². The summed E-state index contributed by atoms with van der Waals surface area (Å²) in [6.45, 7) is -2.26. The lowest BCUT2D eigenvalue weighted by Crippen LogP contribution is -2.34. The van der Waals surface area contributed by atoms with Gasteiger partial charge >= 0.3 is 6.61 Å². The van der Waals surface area contributed by atoms with E-state index in [1.165, 1.54) is 6.20 Å². The zero-order valence-electron chi connectivity index (χ0n) is 12.8. The SMILES string of the molecule is FC(F)OC[C@@H]1C[C@H](Oc2ccc(Cl)cn2)CN1c1ccccc1. The molecule has 24 heavy (non-hydrogen) atoms. The van der Waals surface area contributed by atoms with Gasteiger partial charge in [0.05, 0.1) is 24.2 Å². The first-order valence-electron chi connectivity index (χ1n) is 7.61. The van der Waals surface area contributed by atoms with Gasteiger partial charge in [0.2, 0.25) is 5.88 Å². The number of hydrogen-bond acceptors (Lipinski definition) is 4. The molecule has 7 heteroatoms. The van der Waals surface area contributed by atoms with Crippen molar-refractivity contribution in [2.24, 2.45) is 0 Å². The van der Waals surface area contributed by atoms with E-state index in [9.17, 15) is 8.78 Å². The fourth-order valence-electron chi connectivity index (χ4n) is 2.84. The van der Waals surface area contributed by atoms with E-state index >= 15 is 0 Å². The van der Waals surface area contributed by atoms with Gasteiger partial charge in [-0.2, -0.15) is 8.78 Å². The Hall–Kier alpha value is -1.92. The van der Waals surface area contributed by atoms with E-state index in [0.29, 0.717) is 23.9 Å². The highest BCUT2D eigenvalue weighted by Crippen LogP contribution is 2.28. The highest BCUT2D eigenvalue weighted by molar-refractivity contribution is 6.30. The summed E-state index contributed by atoms with van der Waals surface area (Å²) in [5.74, 6) is 0.466. The van der Waals surface area contributed by atoms with Crippen LogP contribution in [0, 0.1) is 0 Å². The Kier molecular flexibility index (Phi) is 5.48. The van der Waals surface area contributed by atoms with Crippen LogP contribution in [-0.4, -0.2) is 36.9 Å². The van der Waals surface area contributed by atoms with Crippen molar-refractivity contribution in [2.45, 2.75) is 25.2 Å². The molecular formula is C17H17ClF2N2O2. The third-order valence-corrected chi connectivity index (χ3v) is 4.09. The monoisotopic (exact) mass is 354 g/mol. The van der Waals surface area contributed by atoms with Crippen LogP contribution in [0.15, 0.2) is 48.7 Å². The van der Waals surface area contributed by atoms with E-state index < -0.39 is 6.61 Å². The first-order valence-corrected chi connectivity index (χ1v) is 7.99. The Labute approximate surface area is 144 Å². The maximum atomic E-state index is 12.4. The van der Waals surface area contributed by atoms with E-state index in [0.717, 1.165) is 5.69 Å². The van der Waals surface area contributed by atoms with Gasteiger partial charge in [0.1, 0.15) is 6.10 Å². The molecule has 0 aliphatic carbocycles. The normalized spacial score (nSPS) is 20.6. The van der Waals surface area contributed by atoms with Crippen LogP contribution in [-0.2, 0) is 4.74 Å². The lowest BCUT2D eigenvalue weighted by Gasteiger charge is -2.26. The Morgan fingerprint density at radius 2 is 2.00 bits per heavy atom. The summed E-state index contributed by atoms with van der Waals surface area (Å²) in [7, 11) is 0. The number of hydrogen-bond donors (Lipinski definition) is 0. The molecule has 2 heterocycles. The molecule has 1 aromatic carbocycles. The Morgan fingerprint density at radius 3 is 2.67 bits per heavy atom. The molecule has 1 aliphatic rings. The molecule has 1 aromatic heterocycles. The molecule has 3 rings (SSSR count). The molecule has 0 radical (unpaired) electrons. The van der Waals surface area contributed by atoms with Crippen molar-refractivity contribution in [3.05, 3.63) is 53.7 Å². The van der Waals surface area contributed by atoms with Gasteiger partial charge in [-0.1, -0.05) is 29.8 Å². The largest absolute Gasteiger partial charge is 0.472 e. The number of rotatable bonds is 6. The standard InChI is InChI=1S/C17H17ClF2N2O2/c18-12-6-7-16(21-9-12)24-15-8-14(11-23-17(19)20)22(10-15)13-4-2-1-3-5-13/h1-7,9,14-15,17H,8,10-11H2/t14-,15-/m0/s1. The smallest absolute Gasteiger partial charge is 0.345 e. The molecule has 0 amide bonds. The molecular weight excluding hydrogens is 338 g/mol. The Bertz CT molecular complexity index is 643. The molecule has 0 spiro atoms. The molecule has 0 saturated carbocycles. The van der Waals surface area contributed by atoms with Crippen LogP contribution in [0.4, 0.5) is 14.5 Å². The third-order valence-electron chi connectivity index (χ3n) is 3.87. The molecule has 1 aliphatic heterocycles. The Balaban J connectivity index is 1.70. The number of aromatic nitrogens is 1. The van der Waals surface area contributed by atoms with Gasteiger partial charge in [-0.25, -0.2) is 4.98 Å². The number of anilines is 1. The summed E-state index contributed by atoms with van der Waals surface area (Å²) in [4.78, 5) is 6.15. The molecule has 1 saturated heterocycles. The van der Waals surface area contributed by atoms with Crippen LogP contribution >= 0.6 is 11.6 Å². The summed E-state index contributed by atoms with van der Waals surface area (Å²) in [6.07, 6.45) is 1.93. The predicted octanol–water partition coefficient (Wildman–Crippen LogP) is 4.00. The summed E-state index contributed by atoms with van der Waals surface area (Å²) < 4.78 is 35.2. The second-order valence-electron chi connectivity index (χ2n) is 5.53. The minimum absolute atomic E-state index is 0.0551. The predicted molar refractivity (Wildman–Crippen MR) is 87.8 cm³/mol. The zero-order chi connectivity index (χ0) is 16.9. The number of pyridine rings is 1. The fraction of sp³-hybridized carbons (Fsp3) is 0.353. The summed E-state index contributed by atoms with van der Waals surface area (Å²) in [5, 5.41) is 0.530. The number of benzene rings is 1. The lowest BCUT2D eigenvalue weighted by molar-refractivity contribution is -0.131. The van der Waals surface area contributed by atoms with Crippen LogP contribution in [0.3, 0.4) is 0 Å². The number of nitrogens with zero attached hydrogens (tertiary/aromatic N) is 2. The van der Waals surface area contributed by atoms with Gasteiger partial charge in [0, 0.05) is 24.4 Å². The highest BCUT2D eigenvalue weighted by Gasteiger charge is 2.34. The molecule has 128 valence electrons.